The molecule has 14 heteroatoms. The number of hydrogen-bond acceptors (Lipinski definition) is 10. The van der Waals surface area contributed by atoms with Gasteiger partial charge >= 0.3 is 25.7 Å². The monoisotopic (exact) mass is 851 g/mol. The Hall–Kier alpha value is -3.29. The number of rotatable bonds is 36. The number of aliphatic hydroxyl groups is 1. The summed E-state index contributed by atoms with van der Waals surface area (Å²) in [6.45, 7) is 3.05. The van der Waals surface area contributed by atoms with E-state index < -0.39 is 62.4 Å². The van der Waals surface area contributed by atoms with Crippen LogP contribution in [0.2, 0.25) is 0 Å². The van der Waals surface area contributed by atoms with E-state index in [1.165, 1.54) is 31.0 Å². The summed E-state index contributed by atoms with van der Waals surface area (Å²) in [5.41, 5.74) is 6.11. The molecule has 0 aromatic heterocycles. The van der Waals surface area contributed by atoms with Crippen LogP contribution in [0.5, 0.6) is 0 Å². The minimum Gasteiger partial charge on any atom is -0.481 e. The van der Waals surface area contributed by atoms with E-state index in [4.69, 9.17) is 20.3 Å². The van der Waals surface area contributed by atoms with Gasteiger partial charge in [0.1, 0.15) is 12.6 Å². The fourth-order valence-electron chi connectivity index (χ4n) is 4.90. The number of thioether (sulfide) groups is 1. The van der Waals surface area contributed by atoms with Gasteiger partial charge in [-0.25, -0.2) is 4.57 Å². The molecule has 4 atom stereocenters. The van der Waals surface area contributed by atoms with Gasteiger partial charge in [0, 0.05) is 23.8 Å². The predicted molar refractivity (Wildman–Crippen MR) is 235 cm³/mol. The molecule has 0 rings (SSSR count). The summed E-state index contributed by atoms with van der Waals surface area (Å²) < 4.78 is 26.4. The summed E-state index contributed by atoms with van der Waals surface area (Å²) in [4.78, 5) is 54.7. The van der Waals surface area contributed by atoms with Gasteiger partial charge < -0.3 is 35.2 Å². The molecule has 0 bridgehead atoms. The van der Waals surface area contributed by atoms with Gasteiger partial charge in [-0.15, -0.1) is 11.8 Å². The van der Waals surface area contributed by atoms with E-state index in [1.54, 1.807) is 18.2 Å². The van der Waals surface area contributed by atoms with Gasteiger partial charge in [-0.1, -0.05) is 124 Å². The Kier molecular flexibility index (Phi) is 35.8. The molecule has 0 saturated heterocycles. The second-order valence-electron chi connectivity index (χ2n) is 13.4. The Morgan fingerprint density at radius 3 is 1.91 bits per heavy atom. The molecular weight excluding hydrogens is 782 g/mol. The van der Waals surface area contributed by atoms with Crippen molar-refractivity contribution in [3.05, 3.63) is 97.2 Å². The van der Waals surface area contributed by atoms with Crippen LogP contribution in [-0.4, -0.2) is 80.4 Å². The van der Waals surface area contributed by atoms with Crippen LogP contribution in [0.4, 0.5) is 0 Å². The highest BCUT2D eigenvalue weighted by molar-refractivity contribution is 8.00. The molecule has 12 nitrogen and oxygen atoms in total. The average Bonchev–Trinajstić information content (AvgIpc) is 3.18. The van der Waals surface area contributed by atoms with Gasteiger partial charge in [0.25, 0.3) is 0 Å². The number of phosphoric ester groups is 1. The highest BCUT2D eigenvalue weighted by atomic mass is 32.2. The number of phosphoric acid groups is 1. The first kappa shape index (κ1) is 54.7. The molecule has 0 heterocycles. The molecule has 0 saturated carbocycles. The maximum atomic E-state index is 12.9. The van der Waals surface area contributed by atoms with E-state index in [2.05, 4.69) is 79.1 Å². The van der Waals surface area contributed by atoms with E-state index in [0.29, 0.717) is 6.42 Å². The zero-order valence-corrected chi connectivity index (χ0v) is 36.3. The number of aliphatic carboxylic acids is 1. The number of allylic oxidation sites excluding steroid dienone is 15. The SMILES string of the molecule is CC/C=C\C/C=C\C/C=C\C/C=C\CCCCC(=O)OC[C@H](COP(=O)(O)O)OC(=O)[C@@H](N)CS[C@H](/C=C/C=C/C=C\C/C=C\CCCCC)[C@@H](O)CCCC(=O)O. The fourth-order valence-corrected chi connectivity index (χ4v) is 6.39. The first-order valence-corrected chi connectivity index (χ1v) is 23.1. The van der Waals surface area contributed by atoms with Crippen LogP contribution in [0.25, 0.3) is 0 Å². The Morgan fingerprint density at radius 2 is 1.31 bits per heavy atom. The molecule has 0 radical (unpaired) electrons. The Labute approximate surface area is 351 Å². The van der Waals surface area contributed by atoms with Crippen LogP contribution >= 0.6 is 19.6 Å². The van der Waals surface area contributed by atoms with E-state index in [0.717, 1.165) is 51.4 Å². The molecular formula is C44H70NO11PS. The third-order valence-electron chi connectivity index (χ3n) is 8.09. The normalized spacial score (nSPS) is 15.0. The molecule has 0 amide bonds. The first-order chi connectivity index (χ1) is 27.9. The topological polar surface area (TPSA) is 203 Å². The highest BCUT2D eigenvalue weighted by Gasteiger charge is 2.27. The number of carboxylic acids is 1. The molecule has 328 valence electrons. The fraction of sp³-hybridized carbons (Fsp3) is 0.568. The zero-order valence-electron chi connectivity index (χ0n) is 34.6. The van der Waals surface area contributed by atoms with Crippen LogP contribution in [0.3, 0.4) is 0 Å². The number of hydrogen-bond donors (Lipinski definition) is 5. The molecule has 0 unspecified atom stereocenters. The van der Waals surface area contributed by atoms with E-state index >= 15 is 0 Å². The molecule has 0 aromatic carbocycles. The van der Waals surface area contributed by atoms with E-state index in [1.807, 2.05) is 18.2 Å². The number of aliphatic hydroxyl groups excluding tert-OH is 1. The minimum atomic E-state index is -4.93. The predicted octanol–water partition coefficient (Wildman–Crippen LogP) is 9.16. The van der Waals surface area contributed by atoms with Crippen molar-refractivity contribution >= 4 is 37.5 Å². The van der Waals surface area contributed by atoms with Crippen molar-refractivity contribution < 1.29 is 52.9 Å². The third kappa shape index (κ3) is 37.0. The maximum absolute atomic E-state index is 12.9. The summed E-state index contributed by atoms with van der Waals surface area (Å²) >= 11 is 1.17. The Morgan fingerprint density at radius 1 is 0.724 bits per heavy atom. The van der Waals surface area contributed by atoms with Gasteiger partial charge in [0.2, 0.25) is 0 Å². The van der Waals surface area contributed by atoms with Gasteiger partial charge in [0.15, 0.2) is 6.10 Å². The van der Waals surface area contributed by atoms with Crippen LogP contribution < -0.4 is 5.73 Å². The first-order valence-electron chi connectivity index (χ1n) is 20.5. The third-order valence-corrected chi connectivity index (χ3v) is 9.98. The number of carbonyl (C=O) groups is 3. The van der Waals surface area contributed by atoms with E-state index in [-0.39, 0.29) is 31.4 Å². The van der Waals surface area contributed by atoms with Crippen molar-refractivity contribution in [1.29, 1.82) is 0 Å². The number of esters is 2. The Bertz CT molecular complexity index is 1380. The van der Waals surface area contributed by atoms with Crippen LogP contribution in [0.15, 0.2) is 97.2 Å². The highest BCUT2D eigenvalue weighted by Crippen LogP contribution is 2.36. The van der Waals surface area contributed by atoms with Crippen molar-refractivity contribution in [2.45, 2.75) is 140 Å². The smallest absolute Gasteiger partial charge is 0.469 e. The standard InChI is InChI=1S/C44H70NO11PS/c1-3-5-7-9-11-13-15-17-18-19-21-23-25-27-29-34-43(49)54-35-38(36-55-57(51,52)53)56-44(50)39(45)37-58-41(40(46)31-30-33-42(47)48)32-28-26-24-22-20-16-14-12-10-8-6-4-2/h5,7,11-14,17-18,20-24,26,28,32,38-41,46H,3-4,6,8-10,15-16,19,25,27,29-31,33-37,45H2,1-2H3,(H,47,48)(H2,51,52,53)/b7-5-,13-11-,14-12-,18-17-,22-20-,23-21-,26-24+,32-28+/t38-,39+,40+,41-/m1/s1. The minimum absolute atomic E-state index is 0.0107. The summed E-state index contributed by atoms with van der Waals surface area (Å²) in [6, 6.07) is -1.22. The van der Waals surface area contributed by atoms with Crippen molar-refractivity contribution in [2.75, 3.05) is 19.0 Å². The number of unbranched alkanes of at least 4 members (excludes halogenated alkanes) is 5. The van der Waals surface area contributed by atoms with Crippen LogP contribution in [-0.2, 0) is 32.9 Å². The molecule has 0 aromatic rings. The zero-order chi connectivity index (χ0) is 43.1. The lowest BCUT2D eigenvalue weighted by molar-refractivity contribution is -0.161. The summed E-state index contributed by atoms with van der Waals surface area (Å²) in [5, 5.41) is 19.3. The van der Waals surface area contributed by atoms with Gasteiger partial charge in [-0.2, -0.15) is 0 Å². The number of ether oxygens (including phenoxy) is 2. The molecule has 0 aliphatic rings. The van der Waals surface area contributed by atoms with Gasteiger partial charge in [-0.3, -0.25) is 18.9 Å². The largest absolute Gasteiger partial charge is 0.481 e. The Balaban J connectivity index is 4.99. The van der Waals surface area contributed by atoms with Crippen molar-refractivity contribution in [2.24, 2.45) is 5.73 Å². The second kappa shape index (κ2) is 37.9. The molecule has 0 aliphatic heterocycles. The number of nitrogens with two attached hydrogens (primary N) is 1. The molecule has 6 N–H and O–H groups in total. The van der Waals surface area contributed by atoms with Crippen molar-refractivity contribution in [3.8, 4) is 0 Å². The lowest BCUT2D eigenvalue weighted by Crippen LogP contribution is -2.40. The number of carbonyl (C=O) groups excluding carboxylic acids is 2. The molecule has 58 heavy (non-hydrogen) atoms. The molecule has 0 aliphatic carbocycles. The lowest BCUT2D eigenvalue weighted by Gasteiger charge is -2.23. The lowest BCUT2D eigenvalue weighted by atomic mass is 10.1. The average molecular weight is 852 g/mol. The van der Waals surface area contributed by atoms with Crippen LogP contribution in [0.1, 0.15) is 117 Å². The molecule has 0 fully saturated rings. The van der Waals surface area contributed by atoms with E-state index in [9.17, 15) is 33.8 Å². The van der Waals surface area contributed by atoms with Crippen molar-refractivity contribution in [1.82, 2.24) is 0 Å². The summed E-state index contributed by atoms with van der Waals surface area (Å²) in [5.74, 6) is -2.47. The summed E-state index contributed by atoms with van der Waals surface area (Å²) in [7, 11) is -4.93. The summed E-state index contributed by atoms with van der Waals surface area (Å²) in [6.07, 6.45) is 41.8. The second-order valence-corrected chi connectivity index (χ2v) is 15.9. The van der Waals surface area contributed by atoms with Gasteiger partial charge in [-0.05, 0) is 77.0 Å². The maximum Gasteiger partial charge on any atom is 0.469 e. The molecule has 0 spiro atoms. The van der Waals surface area contributed by atoms with Gasteiger partial charge in [0.05, 0.1) is 12.7 Å². The quantitative estimate of drug-likeness (QED) is 0.0131. The number of carboxylic acid groups (broad SMARTS) is 1. The van der Waals surface area contributed by atoms with Crippen LogP contribution in [0, 0.1) is 0 Å². The van der Waals surface area contributed by atoms with Crippen molar-refractivity contribution in [3.63, 3.8) is 0 Å².